The summed E-state index contributed by atoms with van der Waals surface area (Å²) >= 11 is 1.65. The van der Waals surface area contributed by atoms with Crippen LogP contribution in [-0.2, 0) is 0 Å². The van der Waals surface area contributed by atoms with Gasteiger partial charge in [0, 0.05) is 18.8 Å². The fourth-order valence-corrected chi connectivity index (χ4v) is 5.81. The number of nitrogens with zero attached hydrogens (tertiary/aromatic N) is 4. The molecule has 3 heterocycles. The summed E-state index contributed by atoms with van der Waals surface area (Å²) in [6.45, 7) is 6.79. The Balaban J connectivity index is 1.46. The van der Waals surface area contributed by atoms with E-state index in [2.05, 4.69) is 15.6 Å². The summed E-state index contributed by atoms with van der Waals surface area (Å²) in [4.78, 5) is 18.8. The number of pyridine rings is 1. The summed E-state index contributed by atoms with van der Waals surface area (Å²) < 4.78 is 1.11. The summed E-state index contributed by atoms with van der Waals surface area (Å²) in [5.41, 5.74) is 2.12. The first-order chi connectivity index (χ1) is 15.4. The van der Waals surface area contributed by atoms with E-state index in [1.54, 1.807) is 23.7 Å². The van der Waals surface area contributed by atoms with Crippen LogP contribution in [0.15, 0.2) is 18.5 Å². The van der Waals surface area contributed by atoms with Crippen LogP contribution in [-0.4, -0.2) is 43.2 Å². The number of aromatic nitrogens is 4. The van der Waals surface area contributed by atoms with E-state index in [0.29, 0.717) is 5.95 Å². The highest BCUT2D eigenvalue weighted by Gasteiger charge is 2.35. The van der Waals surface area contributed by atoms with Gasteiger partial charge in [0.05, 0.1) is 27.8 Å². The summed E-state index contributed by atoms with van der Waals surface area (Å²) in [5, 5.41) is 18.6. The number of anilines is 2. The van der Waals surface area contributed by atoms with Crippen LogP contribution in [0.1, 0.15) is 58.1 Å². The Kier molecular flexibility index (Phi) is 5.75. The number of rotatable bonds is 7. The fourth-order valence-electron chi connectivity index (χ4n) is 4.78. The van der Waals surface area contributed by atoms with Crippen LogP contribution in [0.3, 0.4) is 0 Å². The number of aryl methyl sites for hydroxylation is 1. The van der Waals surface area contributed by atoms with Crippen molar-refractivity contribution in [2.24, 2.45) is 11.8 Å². The molecule has 2 fully saturated rings. The van der Waals surface area contributed by atoms with Crippen molar-refractivity contribution < 1.29 is 5.11 Å². The molecule has 5 rings (SSSR count). The van der Waals surface area contributed by atoms with Crippen LogP contribution in [0.5, 0.6) is 0 Å². The van der Waals surface area contributed by atoms with Crippen molar-refractivity contribution in [1.29, 1.82) is 0 Å². The smallest absolute Gasteiger partial charge is 0.224 e. The maximum atomic E-state index is 10.5. The van der Waals surface area contributed by atoms with E-state index in [1.165, 1.54) is 19.3 Å². The van der Waals surface area contributed by atoms with Crippen LogP contribution in [0.4, 0.5) is 11.8 Å². The highest BCUT2D eigenvalue weighted by atomic mass is 32.1. The molecule has 3 aromatic rings. The molecule has 3 aromatic heterocycles. The first-order valence-electron chi connectivity index (χ1n) is 11.7. The maximum Gasteiger partial charge on any atom is 0.224 e. The zero-order valence-electron chi connectivity index (χ0n) is 19.1. The average Bonchev–Trinajstić information content (AvgIpc) is 3.33. The summed E-state index contributed by atoms with van der Waals surface area (Å²) in [7, 11) is 0. The standard InChI is InChI=1S/C24H32N6OS/c1-14-20(22-29-18-13-25-10-9-19(18)32-22)21(28-17-8-7-16(11-17)24(2,3)31)30-23(27-14)26-12-15-5-4-6-15/h9-10,13,15-17,31H,4-8,11-12H2,1-3H3,(H2,26,27,28,30). The fraction of sp³-hybridized carbons (Fsp3) is 0.583. The molecule has 2 aliphatic rings. The molecular weight excluding hydrogens is 420 g/mol. The van der Waals surface area contributed by atoms with Gasteiger partial charge in [-0.3, -0.25) is 4.98 Å². The first-order valence-corrected chi connectivity index (χ1v) is 12.5. The molecule has 0 amide bonds. The summed E-state index contributed by atoms with van der Waals surface area (Å²) in [6.07, 6.45) is 10.5. The predicted molar refractivity (Wildman–Crippen MR) is 130 cm³/mol. The van der Waals surface area contributed by atoms with Crippen molar-refractivity contribution in [2.45, 2.75) is 70.9 Å². The minimum absolute atomic E-state index is 0.273. The van der Waals surface area contributed by atoms with Gasteiger partial charge in [-0.15, -0.1) is 11.3 Å². The lowest BCUT2D eigenvalue weighted by molar-refractivity contribution is 0.0197. The third kappa shape index (κ3) is 4.43. The largest absolute Gasteiger partial charge is 0.390 e. The molecule has 8 heteroatoms. The Labute approximate surface area is 193 Å². The lowest BCUT2D eigenvalue weighted by atomic mass is 9.85. The second kappa shape index (κ2) is 8.56. The molecule has 2 unspecified atom stereocenters. The molecule has 2 aliphatic carbocycles. The minimum atomic E-state index is -0.656. The highest BCUT2D eigenvalue weighted by molar-refractivity contribution is 7.21. The van der Waals surface area contributed by atoms with Crippen molar-refractivity contribution in [3.05, 3.63) is 24.2 Å². The molecule has 0 spiro atoms. The van der Waals surface area contributed by atoms with Crippen molar-refractivity contribution >= 4 is 33.3 Å². The van der Waals surface area contributed by atoms with E-state index >= 15 is 0 Å². The number of aliphatic hydroxyl groups is 1. The van der Waals surface area contributed by atoms with Gasteiger partial charge in [0.1, 0.15) is 16.3 Å². The van der Waals surface area contributed by atoms with Gasteiger partial charge in [-0.25, -0.2) is 9.97 Å². The lowest BCUT2D eigenvalue weighted by Crippen LogP contribution is -2.30. The van der Waals surface area contributed by atoms with Gasteiger partial charge in [0.15, 0.2) is 0 Å². The zero-order chi connectivity index (χ0) is 22.3. The monoisotopic (exact) mass is 452 g/mol. The Bertz CT molecular complexity index is 1070. The van der Waals surface area contributed by atoms with Crippen LogP contribution in [0.25, 0.3) is 20.8 Å². The predicted octanol–water partition coefficient (Wildman–Crippen LogP) is 5.02. The van der Waals surface area contributed by atoms with E-state index in [-0.39, 0.29) is 12.0 Å². The number of fused-ring (bicyclic) bond motifs is 1. The second-order valence-electron chi connectivity index (χ2n) is 9.90. The molecule has 0 bridgehead atoms. The summed E-state index contributed by atoms with van der Waals surface area (Å²) in [5.74, 6) is 2.53. The third-order valence-corrected chi connectivity index (χ3v) is 8.09. The van der Waals surface area contributed by atoms with E-state index in [4.69, 9.17) is 15.0 Å². The van der Waals surface area contributed by atoms with Gasteiger partial charge in [0.25, 0.3) is 0 Å². The van der Waals surface area contributed by atoms with Crippen molar-refractivity contribution in [3.63, 3.8) is 0 Å². The molecule has 2 saturated carbocycles. The Hall–Kier alpha value is -2.32. The quantitative estimate of drug-likeness (QED) is 0.463. The van der Waals surface area contributed by atoms with Crippen LogP contribution < -0.4 is 10.6 Å². The summed E-state index contributed by atoms with van der Waals surface area (Å²) in [6, 6.07) is 2.27. The van der Waals surface area contributed by atoms with E-state index in [1.807, 2.05) is 26.8 Å². The van der Waals surface area contributed by atoms with Gasteiger partial charge >= 0.3 is 0 Å². The topological polar surface area (TPSA) is 95.9 Å². The molecule has 3 N–H and O–H groups in total. The maximum absolute atomic E-state index is 10.5. The lowest BCUT2D eigenvalue weighted by Gasteiger charge is -2.26. The van der Waals surface area contributed by atoms with E-state index in [9.17, 15) is 5.11 Å². The van der Waals surface area contributed by atoms with Crippen molar-refractivity contribution in [1.82, 2.24) is 19.9 Å². The average molecular weight is 453 g/mol. The first kappa shape index (κ1) is 21.5. The van der Waals surface area contributed by atoms with Gasteiger partial charge in [-0.05, 0) is 70.8 Å². The Morgan fingerprint density at radius 3 is 2.69 bits per heavy atom. The van der Waals surface area contributed by atoms with Crippen LogP contribution >= 0.6 is 11.3 Å². The number of thiazole rings is 1. The van der Waals surface area contributed by atoms with Crippen LogP contribution in [0, 0.1) is 18.8 Å². The van der Waals surface area contributed by atoms with Crippen molar-refractivity contribution in [2.75, 3.05) is 17.2 Å². The van der Waals surface area contributed by atoms with Gasteiger partial charge in [-0.2, -0.15) is 4.98 Å². The second-order valence-corrected chi connectivity index (χ2v) is 10.9. The molecule has 2 atom stereocenters. The van der Waals surface area contributed by atoms with Gasteiger partial charge < -0.3 is 15.7 Å². The molecule has 32 heavy (non-hydrogen) atoms. The molecule has 170 valence electrons. The van der Waals surface area contributed by atoms with E-state index in [0.717, 1.165) is 64.0 Å². The SMILES string of the molecule is Cc1nc(NCC2CCC2)nc(NC2CCC(C(C)(C)O)C2)c1-c1nc2cnccc2s1. The van der Waals surface area contributed by atoms with Crippen LogP contribution in [0.2, 0.25) is 0 Å². The molecule has 0 saturated heterocycles. The van der Waals surface area contributed by atoms with Gasteiger partial charge in [0.2, 0.25) is 5.95 Å². The molecule has 0 aliphatic heterocycles. The normalized spacial score (nSPS) is 21.6. The van der Waals surface area contributed by atoms with Crippen molar-refractivity contribution in [3.8, 4) is 10.6 Å². The number of hydrogen-bond donors (Lipinski definition) is 3. The Morgan fingerprint density at radius 1 is 1.16 bits per heavy atom. The molecule has 7 nitrogen and oxygen atoms in total. The third-order valence-electron chi connectivity index (χ3n) is 7.04. The molecule has 0 aromatic carbocycles. The molecular formula is C24H32N6OS. The zero-order valence-corrected chi connectivity index (χ0v) is 19.9. The molecule has 0 radical (unpaired) electrons. The number of nitrogens with one attached hydrogen (secondary N) is 2. The number of hydrogen-bond acceptors (Lipinski definition) is 8. The minimum Gasteiger partial charge on any atom is -0.390 e. The Morgan fingerprint density at radius 2 is 2.00 bits per heavy atom. The van der Waals surface area contributed by atoms with E-state index < -0.39 is 5.60 Å². The van der Waals surface area contributed by atoms with Gasteiger partial charge in [-0.1, -0.05) is 6.42 Å². The highest BCUT2D eigenvalue weighted by Crippen LogP contribution is 2.39.